The van der Waals surface area contributed by atoms with Gasteiger partial charge in [0.15, 0.2) is 0 Å². The van der Waals surface area contributed by atoms with Crippen LogP contribution in [0.4, 0.5) is 8.78 Å². The first-order valence-corrected chi connectivity index (χ1v) is 9.56. The van der Waals surface area contributed by atoms with E-state index in [4.69, 9.17) is 10.00 Å². The van der Waals surface area contributed by atoms with Crippen molar-refractivity contribution in [1.82, 2.24) is 24.3 Å². The highest BCUT2D eigenvalue weighted by Gasteiger charge is 2.38. The SMILES string of the molecule is N#Cc1cc(OC2CC(n3nc4n(c3=O)[C@H](c3cc(F)cc(F)c3)CC4)C2)ncn1. The van der Waals surface area contributed by atoms with Crippen LogP contribution in [0.3, 0.4) is 0 Å². The predicted molar refractivity (Wildman–Crippen MR) is 98.7 cm³/mol. The van der Waals surface area contributed by atoms with E-state index in [9.17, 15) is 13.6 Å². The monoisotopic (exact) mass is 410 g/mol. The van der Waals surface area contributed by atoms with Gasteiger partial charge in [-0.15, -0.1) is 0 Å². The minimum absolute atomic E-state index is 0.122. The highest BCUT2D eigenvalue weighted by atomic mass is 19.1. The molecule has 0 saturated heterocycles. The first kappa shape index (κ1) is 18.4. The van der Waals surface area contributed by atoms with Gasteiger partial charge in [-0.05, 0) is 24.1 Å². The Kier molecular flexibility index (Phi) is 4.31. The third-order valence-electron chi connectivity index (χ3n) is 5.59. The number of ether oxygens (including phenoxy) is 1. The molecule has 10 heteroatoms. The number of fused-ring (bicyclic) bond motifs is 1. The van der Waals surface area contributed by atoms with Crippen molar-refractivity contribution in [2.24, 2.45) is 0 Å². The summed E-state index contributed by atoms with van der Waals surface area (Å²) in [5.74, 6) is -0.393. The number of rotatable bonds is 4. The van der Waals surface area contributed by atoms with Gasteiger partial charge in [0.1, 0.15) is 41.7 Å². The van der Waals surface area contributed by atoms with E-state index in [0.717, 1.165) is 6.07 Å². The minimum atomic E-state index is -0.665. The Labute approximate surface area is 169 Å². The van der Waals surface area contributed by atoms with Gasteiger partial charge in [-0.2, -0.15) is 10.4 Å². The lowest BCUT2D eigenvalue weighted by Gasteiger charge is -2.34. The average molecular weight is 410 g/mol. The van der Waals surface area contributed by atoms with Crippen LogP contribution in [0, 0.1) is 23.0 Å². The molecule has 0 N–H and O–H groups in total. The molecule has 1 saturated carbocycles. The molecule has 1 atom stereocenters. The van der Waals surface area contributed by atoms with Crippen LogP contribution in [0.25, 0.3) is 0 Å². The summed E-state index contributed by atoms with van der Waals surface area (Å²) in [7, 11) is 0. The van der Waals surface area contributed by atoms with Crippen LogP contribution >= 0.6 is 0 Å². The maximum atomic E-state index is 13.6. The molecule has 152 valence electrons. The molecule has 0 unspecified atom stereocenters. The molecule has 1 aliphatic heterocycles. The number of nitriles is 1. The van der Waals surface area contributed by atoms with Crippen molar-refractivity contribution in [1.29, 1.82) is 5.26 Å². The van der Waals surface area contributed by atoms with Crippen LogP contribution in [-0.4, -0.2) is 30.4 Å². The van der Waals surface area contributed by atoms with E-state index in [2.05, 4.69) is 15.1 Å². The zero-order valence-electron chi connectivity index (χ0n) is 15.7. The molecule has 1 fully saturated rings. The lowest BCUT2D eigenvalue weighted by atomic mass is 9.89. The third-order valence-corrected chi connectivity index (χ3v) is 5.59. The van der Waals surface area contributed by atoms with Crippen LogP contribution < -0.4 is 10.4 Å². The number of hydrogen-bond acceptors (Lipinski definition) is 6. The minimum Gasteiger partial charge on any atom is -0.474 e. The van der Waals surface area contributed by atoms with Crippen molar-refractivity contribution in [2.75, 3.05) is 0 Å². The summed E-state index contributed by atoms with van der Waals surface area (Å²) >= 11 is 0. The summed E-state index contributed by atoms with van der Waals surface area (Å²) < 4.78 is 36.0. The molecular formula is C20H16F2N6O2. The van der Waals surface area contributed by atoms with Crippen LogP contribution in [0.15, 0.2) is 35.4 Å². The molecule has 0 bridgehead atoms. The zero-order chi connectivity index (χ0) is 20.8. The first-order valence-electron chi connectivity index (χ1n) is 9.56. The van der Waals surface area contributed by atoms with Gasteiger partial charge >= 0.3 is 5.69 Å². The van der Waals surface area contributed by atoms with Crippen molar-refractivity contribution in [2.45, 2.75) is 43.9 Å². The summed E-state index contributed by atoms with van der Waals surface area (Å²) in [6, 6.07) is 6.18. The standard InChI is InChI=1S/C20H16F2N6O2/c21-12-3-11(4-13(22)5-12)17-1-2-18-26-28(20(29)27(17)18)15-7-16(8-15)30-19-6-14(9-23)24-10-25-19/h3-6,10,15-17H,1-2,7-8H2/t15?,16?,17-/m0/s1. The summed E-state index contributed by atoms with van der Waals surface area (Å²) in [6.45, 7) is 0. The molecule has 3 aromatic rings. The maximum Gasteiger partial charge on any atom is 0.346 e. The second kappa shape index (κ2) is 7.02. The van der Waals surface area contributed by atoms with E-state index < -0.39 is 17.7 Å². The number of nitrogens with zero attached hydrogens (tertiary/aromatic N) is 6. The predicted octanol–water partition coefficient (Wildman–Crippen LogP) is 2.30. The molecule has 2 aromatic heterocycles. The summed E-state index contributed by atoms with van der Waals surface area (Å²) in [5, 5.41) is 13.4. The van der Waals surface area contributed by atoms with Gasteiger partial charge in [-0.3, -0.25) is 4.57 Å². The summed E-state index contributed by atoms with van der Waals surface area (Å²) in [6.07, 6.45) is 3.41. The van der Waals surface area contributed by atoms with Gasteiger partial charge in [-0.1, -0.05) is 0 Å². The fraction of sp³-hybridized carbons (Fsp3) is 0.350. The van der Waals surface area contributed by atoms with Crippen LogP contribution in [0.2, 0.25) is 0 Å². The van der Waals surface area contributed by atoms with Crippen molar-refractivity contribution in [3.05, 3.63) is 69.8 Å². The fourth-order valence-corrected chi connectivity index (χ4v) is 4.11. The van der Waals surface area contributed by atoms with Crippen molar-refractivity contribution in [3.8, 4) is 11.9 Å². The lowest BCUT2D eigenvalue weighted by Crippen LogP contribution is -2.41. The summed E-state index contributed by atoms with van der Waals surface area (Å²) in [4.78, 5) is 20.8. The van der Waals surface area contributed by atoms with E-state index in [1.54, 1.807) is 0 Å². The van der Waals surface area contributed by atoms with Gasteiger partial charge in [0.2, 0.25) is 5.88 Å². The number of aryl methyl sites for hydroxylation is 1. The van der Waals surface area contributed by atoms with Gasteiger partial charge in [0.25, 0.3) is 0 Å². The van der Waals surface area contributed by atoms with Gasteiger partial charge < -0.3 is 4.74 Å². The number of hydrogen-bond donors (Lipinski definition) is 0. The van der Waals surface area contributed by atoms with Crippen LogP contribution in [0.1, 0.15) is 48.4 Å². The highest BCUT2D eigenvalue weighted by Crippen LogP contribution is 2.36. The Morgan fingerprint density at radius 2 is 1.90 bits per heavy atom. The van der Waals surface area contributed by atoms with Crippen molar-refractivity contribution >= 4 is 0 Å². The van der Waals surface area contributed by atoms with Crippen molar-refractivity contribution < 1.29 is 13.5 Å². The van der Waals surface area contributed by atoms with Gasteiger partial charge in [0, 0.05) is 31.4 Å². The Morgan fingerprint density at radius 1 is 1.13 bits per heavy atom. The maximum absolute atomic E-state index is 13.6. The topological polar surface area (TPSA) is 98.6 Å². The quantitative estimate of drug-likeness (QED) is 0.655. The smallest absolute Gasteiger partial charge is 0.346 e. The Bertz CT molecular complexity index is 1200. The molecule has 30 heavy (non-hydrogen) atoms. The third kappa shape index (κ3) is 3.12. The number of benzene rings is 1. The lowest BCUT2D eigenvalue weighted by molar-refractivity contribution is 0.0583. The molecular weight excluding hydrogens is 394 g/mol. The highest BCUT2D eigenvalue weighted by molar-refractivity contribution is 5.25. The van der Waals surface area contributed by atoms with Gasteiger partial charge in [-0.25, -0.2) is 28.2 Å². The van der Waals surface area contributed by atoms with Crippen molar-refractivity contribution in [3.63, 3.8) is 0 Å². The average Bonchev–Trinajstić information content (AvgIpc) is 3.24. The molecule has 2 aliphatic rings. The molecule has 0 amide bonds. The molecule has 0 spiro atoms. The normalized spacial score (nSPS) is 22.2. The largest absolute Gasteiger partial charge is 0.474 e. The number of halogens is 2. The second-order valence-electron chi connectivity index (χ2n) is 7.49. The molecule has 1 aliphatic carbocycles. The molecule has 1 aromatic carbocycles. The second-order valence-corrected chi connectivity index (χ2v) is 7.49. The molecule has 8 nitrogen and oxygen atoms in total. The zero-order valence-corrected chi connectivity index (χ0v) is 15.7. The fourth-order valence-electron chi connectivity index (χ4n) is 4.11. The van der Waals surface area contributed by atoms with E-state index in [1.165, 1.54) is 33.8 Å². The first-order chi connectivity index (χ1) is 14.5. The number of aromatic nitrogens is 5. The Hall–Kier alpha value is -3.61. The van der Waals surface area contributed by atoms with Crippen LogP contribution in [0.5, 0.6) is 5.88 Å². The molecule has 3 heterocycles. The molecule has 0 radical (unpaired) electrons. The van der Waals surface area contributed by atoms with E-state index >= 15 is 0 Å². The van der Waals surface area contributed by atoms with E-state index in [-0.39, 0.29) is 23.5 Å². The Morgan fingerprint density at radius 3 is 2.63 bits per heavy atom. The Balaban J connectivity index is 1.32. The van der Waals surface area contributed by atoms with E-state index in [1.807, 2.05) is 6.07 Å². The van der Waals surface area contributed by atoms with Gasteiger partial charge in [0.05, 0.1) is 12.1 Å². The van der Waals surface area contributed by atoms with E-state index in [0.29, 0.717) is 43.0 Å². The van der Waals surface area contributed by atoms with Crippen LogP contribution in [-0.2, 0) is 6.42 Å². The summed E-state index contributed by atoms with van der Waals surface area (Å²) in [5.41, 5.74) is 0.367. The molecule has 5 rings (SSSR count).